The zero-order valence-corrected chi connectivity index (χ0v) is 16.8. The van der Waals surface area contributed by atoms with E-state index < -0.39 is 17.6 Å². The fraction of sp³-hybridized carbons (Fsp3) is 0. The summed E-state index contributed by atoms with van der Waals surface area (Å²) in [5, 5.41) is 2.14. The van der Waals surface area contributed by atoms with Gasteiger partial charge in [-0.1, -0.05) is 18.2 Å². The van der Waals surface area contributed by atoms with Gasteiger partial charge in [0.05, 0.1) is 22.0 Å². The van der Waals surface area contributed by atoms with E-state index in [-0.39, 0.29) is 16.9 Å². The minimum absolute atomic E-state index is 0.0231. The van der Waals surface area contributed by atoms with Crippen molar-refractivity contribution in [3.63, 3.8) is 0 Å². The van der Waals surface area contributed by atoms with Crippen LogP contribution in [-0.4, -0.2) is 19.9 Å². The van der Waals surface area contributed by atoms with E-state index in [2.05, 4.69) is 19.9 Å². The summed E-state index contributed by atoms with van der Waals surface area (Å²) in [4.78, 5) is 26.6. The van der Waals surface area contributed by atoms with Crippen molar-refractivity contribution in [1.29, 1.82) is 0 Å². The Kier molecular flexibility index (Phi) is 4.10. The first-order chi connectivity index (χ1) is 16.0. The van der Waals surface area contributed by atoms with Crippen molar-refractivity contribution < 1.29 is 13.2 Å². The molecule has 0 saturated heterocycles. The first-order valence-corrected chi connectivity index (χ1v) is 10.0. The number of nitrogens with zero attached hydrogens (tertiary/aromatic N) is 2. The van der Waals surface area contributed by atoms with E-state index in [1.54, 1.807) is 30.3 Å². The quantitative estimate of drug-likeness (QED) is 0.267. The topological polar surface area (TPSA) is 74.4 Å². The van der Waals surface area contributed by atoms with E-state index in [0.717, 1.165) is 12.1 Å². The number of imidazole rings is 1. The Labute approximate surface area is 183 Å². The highest BCUT2D eigenvalue weighted by Crippen LogP contribution is 2.36. The smallest absolute Gasteiger partial charge is 0.256 e. The average molecular weight is 442 g/mol. The van der Waals surface area contributed by atoms with Crippen LogP contribution in [0.5, 0.6) is 0 Å². The van der Waals surface area contributed by atoms with Crippen molar-refractivity contribution in [2.24, 2.45) is 0 Å². The number of fused-ring (bicyclic) bond motifs is 6. The Morgan fingerprint density at radius 3 is 2.39 bits per heavy atom. The third-order valence-corrected chi connectivity index (χ3v) is 5.74. The fourth-order valence-electron chi connectivity index (χ4n) is 4.28. The van der Waals surface area contributed by atoms with Crippen molar-refractivity contribution in [3.8, 4) is 22.5 Å². The maximum absolute atomic E-state index is 14.4. The van der Waals surface area contributed by atoms with Gasteiger partial charge in [0.15, 0.2) is 0 Å². The zero-order chi connectivity index (χ0) is 22.7. The van der Waals surface area contributed by atoms with Crippen molar-refractivity contribution in [2.75, 3.05) is 0 Å². The number of pyridine rings is 2. The lowest BCUT2D eigenvalue weighted by Gasteiger charge is -2.08. The molecule has 2 N–H and O–H groups in total. The maximum Gasteiger partial charge on any atom is 0.256 e. The molecule has 0 aliphatic heterocycles. The SMILES string of the molecule is O=c1[nH]ccc2c3[nH]c(-c4c(F)cccc4F)nc3c3ccc(-c4ccnc(F)c4)cc3c12. The number of halogens is 3. The number of aromatic nitrogens is 4. The highest BCUT2D eigenvalue weighted by molar-refractivity contribution is 6.23. The van der Waals surface area contributed by atoms with E-state index >= 15 is 0 Å². The van der Waals surface area contributed by atoms with Crippen LogP contribution in [-0.2, 0) is 0 Å². The summed E-state index contributed by atoms with van der Waals surface area (Å²) in [6.45, 7) is 0. The van der Waals surface area contributed by atoms with Gasteiger partial charge in [-0.15, -0.1) is 0 Å². The van der Waals surface area contributed by atoms with Crippen molar-refractivity contribution in [2.45, 2.75) is 0 Å². The third-order valence-electron chi connectivity index (χ3n) is 5.74. The van der Waals surface area contributed by atoms with Crippen molar-refractivity contribution >= 4 is 32.6 Å². The number of hydrogen-bond acceptors (Lipinski definition) is 3. The largest absolute Gasteiger partial charge is 0.337 e. The second-order valence-corrected chi connectivity index (χ2v) is 7.63. The lowest BCUT2D eigenvalue weighted by Crippen LogP contribution is -2.05. The molecular weight excluding hydrogens is 429 g/mol. The maximum atomic E-state index is 14.4. The van der Waals surface area contributed by atoms with E-state index in [9.17, 15) is 18.0 Å². The summed E-state index contributed by atoms with van der Waals surface area (Å²) < 4.78 is 42.6. The first kappa shape index (κ1) is 19.2. The summed E-state index contributed by atoms with van der Waals surface area (Å²) in [6.07, 6.45) is 2.87. The molecule has 5 nitrogen and oxygen atoms in total. The molecule has 0 fully saturated rings. The monoisotopic (exact) mass is 442 g/mol. The zero-order valence-electron chi connectivity index (χ0n) is 16.8. The molecule has 3 aromatic heterocycles. The highest BCUT2D eigenvalue weighted by atomic mass is 19.1. The number of nitrogens with one attached hydrogen (secondary N) is 2. The van der Waals surface area contributed by atoms with E-state index in [0.29, 0.717) is 43.7 Å². The molecule has 0 aliphatic rings. The molecule has 3 aromatic carbocycles. The minimum Gasteiger partial charge on any atom is -0.337 e. The van der Waals surface area contributed by atoms with Gasteiger partial charge in [-0.05, 0) is 46.8 Å². The Bertz CT molecular complexity index is 1770. The molecule has 0 saturated carbocycles. The van der Waals surface area contributed by atoms with Crippen LogP contribution in [0.15, 0.2) is 71.8 Å². The molecule has 0 atom stereocenters. The molecule has 0 bridgehead atoms. The molecule has 8 heteroatoms. The Morgan fingerprint density at radius 1 is 0.818 bits per heavy atom. The van der Waals surface area contributed by atoms with Gasteiger partial charge in [0.25, 0.3) is 5.56 Å². The molecule has 0 amide bonds. The molecule has 0 aliphatic carbocycles. The van der Waals surface area contributed by atoms with Gasteiger partial charge in [0.2, 0.25) is 5.95 Å². The summed E-state index contributed by atoms with van der Waals surface area (Å²) in [7, 11) is 0. The normalized spacial score (nSPS) is 11.6. The van der Waals surface area contributed by atoms with Gasteiger partial charge < -0.3 is 9.97 Å². The molecule has 6 aromatic rings. The Morgan fingerprint density at radius 2 is 1.61 bits per heavy atom. The van der Waals surface area contributed by atoms with Crippen LogP contribution in [0.3, 0.4) is 0 Å². The predicted octanol–water partition coefficient (Wildman–Crippen LogP) is 5.70. The molecule has 0 radical (unpaired) electrons. The van der Waals surface area contributed by atoms with Gasteiger partial charge in [-0.3, -0.25) is 4.79 Å². The Balaban J connectivity index is 1.74. The van der Waals surface area contributed by atoms with Crippen LogP contribution >= 0.6 is 0 Å². The van der Waals surface area contributed by atoms with Gasteiger partial charge in [0.1, 0.15) is 17.5 Å². The standard InChI is InChI=1S/C25H13F3N4O/c26-17-2-1-3-18(27)21(17)24-31-22-14-5-4-12(13-6-8-29-19(28)11-13)10-16(14)20-15(23(22)32-24)7-9-30-25(20)33/h1-11H,(H,30,33)(H,31,32). The molecule has 0 spiro atoms. The molecule has 0 unspecified atom stereocenters. The second-order valence-electron chi connectivity index (χ2n) is 7.63. The molecule has 33 heavy (non-hydrogen) atoms. The first-order valence-electron chi connectivity index (χ1n) is 10.0. The van der Waals surface area contributed by atoms with E-state index in [1.165, 1.54) is 24.5 Å². The summed E-state index contributed by atoms with van der Waals surface area (Å²) in [5.41, 5.74) is 1.64. The Hall–Kier alpha value is -4.46. The average Bonchev–Trinajstić information content (AvgIpc) is 3.24. The lowest BCUT2D eigenvalue weighted by molar-refractivity contribution is 0.584. The summed E-state index contributed by atoms with van der Waals surface area (Å²) >= 11 is 0. The van der Waals surface area contributed by atoms with Crippen LogP contribution in [0.2, 0.25) is 0 Å². The number of hydrogen-bond donors (Lipinski definition) is 2. The third kappa shape index (κ3) is 2.91. The predicted molar refractivity (Wildman–Crippen MR) is 120 cm³/mol. The van der Waals surface area contributed by atoms with Gasteiger partial charge >= 0.3 is 0 Å². The van der Waals surface area contributed by atoms with Crippen LogP contribution in [0, 0.1) is 17.6 Å². The molecule has 3 heterocycles. The van der Waals surface area contributed by atoms with Crippen LogP contribution in [0.25, 0.3) is 55.1 Å². The lowest BCUT2D eigenvalue weighted by atomic mass is 9.97. The summed E-state index contributed by atoms with van der Waals surface area (Å²) in [6, 6.07) is 13.6. The van der Waals surface area contributed by atoms with Gasteiger partial charge in [-0.2, -0.15) is 4.39 Å². The highest BCUT2D eigenvalue weighted by Gasteiger charge is 2.19. The van der Waals surface area contributed by atoms with E-state index in [4.69, 9.17) is 0 Å². The van der Waals surface area contributed by atoms with Crippen molar-refractivity contribution in [1.82, 2.24) is 19.9 Å². The molecule has 160 valence electrons. The summed E-state index contributed by atoms with van der Waals surface area (Å²) in [5.74, 6) is -2.09. The van der Waals surface area contributed by atoms with Crippen LogP contribution in [0.4, 0.5) is 13.2 Å². The second kappa shape index (κ2) is 7.03. The minimum atomic E-state index is -0.748. The van der Waals surface area contributed by atoms with Gasteiger partial charge in [0, 0.05) is 29.2 Å². The van der Waals surface area contributed by atoms with Crippen LogP contribution < -0.4 is 5.56 Å². The fourth-order valence-corrected chi connectivity index (χ4v) is 4.28. The van der Waals surface area contributed by atoms with Gasteiger partial charge in [-0.25, -0.2) is 18.7 Å². The number of aromatic amines is 2. The number of H-pyrrole nitrogens is 2. The van der Waals surface area contributed by atoms with Crippen LogP contribution in [0.1, 0.15) is 0 Å². The number of benzene rings is 3. The molecular formula is C25H13F3N4O. The number of rotatable bonds is 2. The van der Waals surface area contributed by atoms with Crippen molar-refractivity contribution in [3.05, 3.63) is 94.9 Å². The van der Waals surface area contributed by atoms with E-state index in [1.807, 2.05) is 0 Å². The molecule has 6 rings (SSSR count).